The Morgan fingerprint density at radius 2 is 1.84 bits per heavy atom. The van der Waals surface area contributed by atoms with Crippen LogP contribution in [0.4, 0.5) is 4.39 Å². The van der Waals surface area contributed by atoms with Gasteiger partial charge < -0.3 is 19.7 Å². The number of benzene rings is 1. The van der Waals surface area contributed by atoms with Crippen LogP contribution >= 0.6 is 0 Å². The van der Waals surface area contributed by atoms with Crippen LogP contribution in [0.3, 0.4) is 0 Å². The zero-order chi connectivity index (χ0) is 14.4. The van der Waals surface area contributed by atoms with Crippen molar-refractivity contribution in [2.45, 2.75) is 39.1 Å². The van der Waals surface area contributed by atoms with E-state index in [2.05, 4.69) is 0 Å². The molecule has 0 bridgehead atoms. The van der Waals surface area contributed by atoms with Crippen LogP contribution in [0.25, 0.3) is 0 Å². The lowest BCUT2D eigenvalue weighted by Gasteiger charge is -2.15. The predicted octanol–water partition coefficient (Wildman–Crippen LogP) is 2.04. The fourth-order valence-electron chi connectivity index (χ4n) is 1.48. The monoisotopic (exact) mass is 272 g/mol. The van der Waals surface area contributed by atoms with Crippen molar-refractivity contribution in [2.24, 2.45) is 0 Å². The van der Waals surface area contributed by atoms with Gasteiger partial charge in [0.05, 0.1) is 18.8 Å². The fourth-order valence-corrected chi connectivity index (χ4v) is 1.48. The zero-order valence-electron chi connectivity index (χ0n) is 11.5. The lowest BCUT2D eigenvalue weighted by molar-refractivity contribution is -0.0123. The van der Waals surface area contributed by atoms with Crippen molar-refractivity contribution in [2.75, 3.05) is 13.2 Å². The van der Waals surface area contributed by atoms with Gasteiger partial charge in [0, 0.05) is 11.6 Å². The lowest BCUT2D eigenvalue weighted by atomic mass is 10.1. The van der Waals surface area contributed by atoms with Crippen molar-refractivity contribution in [3.8, 4) is 5.75 Å². The van der Waals surface area contributed by atoms with Crippen LogP contribution in [0.2, 0.25) is 0 Å². The molecule has 0 amide bonds. The summed E-state index contributed by atoms with van der Waals surface area (Å²) in [5.74, 6) is -0.217. The van der Waals surface area contributed by atoms with Crippen LogP contribution in [0.1, 0.15) is 32.4 Å². The topological polar surface area (TPSA) is 58.9 Å². The van der Waals surface area contributed by atoms with E-state index in [1.807, 2.05) is 13.8 Å². The van der Waals surface area contributed by atoms with E-state index in [0.29, 0.717) is 5.75 Å². The summed E-state index contributed by atoms with van der Waals surface area (Å²) < 4.78 is 24.0. The van der Waals surface area contributed by atoms with Gasteiger partial charge in [-0.25, -0.2) is 4.39 Å². The molecule has 2 N–H and O–H groups in total. The summed E-state index contributed by atoms with van der Waals surface area (Å²) in [6, 6.07) is 4.21. The molecule has 0 radical (unpaired) electrons. The van der Waals surface area contributed by atoms with Gasteiger partial charge in [0.1, 0.15) is 24.3 Å². The van der Waals surface area contributed by atoms with E-state index in [1.165, 1.54) is 19.1 Å². The third-order valence-electron chi connectivity index (χ3n) is 2.49. The number of rotatable bonds is 7. The minimum atomic E-state index is -0.862. The normalized spacial score (nSPS) is 14.5. The molecule has 1 rings (SSSR count). The SMILES string of the molecule is CC(C)OCC(O)COc1ccc(C(C)O)c(F)c1. The van der Waals surface area contributed by atoms with Crippen molar-refractivity contribution >= 4 is 0 Å². The molecule has 0 aromatic heterocycles. The van der Waals surface area contributed by atoms with Crippen molar-refractivity contribution in [1.29, 1.82) is 0 Å². The third-order valence-corrected chi connectivity index (χ3v) is 2.49. The Morgan fingerprint density at radius 1 is 1.16 bits per heavy atom. The van der Waals surface area contributed by atoms with E-state index < -0.39 is 18.0 Å². The standard InChI is InChI=1S/C14H21FO4/c1-9(2)18-7-11(17)8-19-12-4-5-13(10(3)16)14(15)6-12/h4-6,9-11,16-17H,7-8H2,1-3H3. The Hall–Kier alpha value is -1.17. The molecule has 0 heterocycles. The first-order valence-corrected chi connectivity index (χ1v) is 6.30. The van der Waals surface area contributed by atoms with Gasteiger partial charge in [-0.1, -0.05) is 0 Å². The first-order valence-electron chi connectivity index (χ1n) is 6.30. The molecule has 19 heavy (non-hydrogen) atoms. The Morgan fingerprint density at radius 3 is 2.37 bits per heavy atom. The summed E-state index contributed by atoms with van der Waals surface area (Å²) in [6.45, 7) is 5.44. The van der Waals surface area contributed by atoms with Gasteiger partial charge in [-0.3, -0.25) is 0 Å². The maximum Gasteiger partial charge on any atom is 0.132 e. The minimum absolute atomic E-state index is 0.0280. The van der Waals surface area contributed by atoms with Crippen molar-refractivity contribution < 1.29 is 24.1 Å². The summed E-state index contributed by atoms with van der Waals surface area (Å²) in [4.78, 5) is 0. The van der Waals surface area contributed by atoms with Crippen molar-refractivity contribution in [3.63, 3.8) is 0 Å². The first-order chi connectivity index (χ1) is 8.90. The van der Waals surface area contributed by atoms with Crippen LogP contribution in [-0.4, -0.2) is 35.6 Å². The highest BCUT2D eigenvalue weighted by Crippen LogP contribution is 2.21. The number of ether oxygens (including phenoxy) is 2. The molecule has 0 aliphatic heterocycles. The number of hydrogen-bond donors (Lipinski definition) is 2. The molecule has 5 heteroatoms. The third kappa shape index (κ3) is 5.55. The number of aliphatic hydroxyl groups excluding tert-OH is 2. The predicted molar refractivity (Wildman–Crippen MR) is 69.6 cm³/mol. The maximum atomic E-state index is 13.6. The molecule has 0 saturated carbocycles. The highest BCUT2D eigenvalue weighted by atomic mass is 19.1. The molecule has 4 nitrogen and oxygen atoms in total. The van der Waals surface area contributed by atoms with E-state index in [1.54, 1.807) is 6.07 Å². The average Bonchev–Trinajstić information content (AvgIpc) is 2.33. The second kappa shape index (κ2) is 7.43. The van der Waals surface area contributed by atoms with Crippen LogP contribution in [0, 0.1) is 5.82 Å². The molecule has 0 spiro atoms. The van der Waals surface area contributed by atoms with Crippen LogP contribution in [0.5, 0.6) is 5.75 Å². The minimum Gasteiger partial charge on any atom is -0.491 e. The van der Waals surface area contributed by atoms with Crippen molar-refractivity contribution in [1.82, 2.24) is 0 Å². The molecular formula is C14H21FO4. The quantitative estimate of drug-likeness (QED) is 0.797. The molecule has 0 aliphatic carbocycles. The molecule has 0 saturated heterocycles. The van der Waals surface area contributed by atoms with E-state index in [-0.39, 0.29) is 24.9 Å². The van der Waals surface area contributed by atoms with Crippen LogP contribution < -0.4 is 4.74 Å². The second-order valence-electron chi connectivity index (χ2n) is 4.71. The molecule has 2 unspecified atom stereocenters. The van der Waals surface area contributed by atoms with Gasteiger partial charge in [0.15, 0.2) is 0 Å². The Labute approximate surface area is 112 Å². The Bertz CT molecular complexity index is 393. The summed E-state index contributed by atoms with van der Waals surface area (Å²) in [5, 5.41) is 18.9. The highest BCUT2D eigenvalue weighted by molar-refractivity contribution is 5.30. The van der Waals surface area contributed by atoms with Crippen LogP contribution in [0.15, 0.2) is 18.2 Å². The fraction of sp³-hybridized carbons (Fsp3) is 0.571. The first kappa shape index (κ1) is 15.9. The number of aliphatic hydroxyl groups is 2. The van der Waals surface area contributed by atoms with Gasteiger partial charge in [0.2, 0.25) is 0 Å². The average molecular weight is 272 g/mol. The van der Waals surface area contributed by atoms with Crippen molar-refractivity contribution in [3.05, 3.63) is 29.6 Å². The second-order valence-corrected chi connectivity index (χ2v) is 4.71. The number of hydrogen-bond acceptors (Lipinski definition) is 4. The summed E-state index contributed by atoms with van der Waals surface area (Å²) in [5.41, 5.74) is 0.219. The van der Waals surface area contributed by atoms with E-state index in [0.717, 1.165) is 0 Å². The summed E-state index contributed by atoms with van der Waals surface area (Å²) in [6.07, 6.45) is -1.58. The molecule has 1 aromatic carbocycles. The molecule has 2 atom stereocenters. The Kier molecular flexibility index (Phi) is 6.21. The molecule has 0 fully saturated rings. The summed E-state index contributed by atoms with van der Waals surface area (Å²) in [7, 11) is 0. The van der Waals surface area contributed by atoms with E-state index in [4.69, 9.17) is 9.47 Å². The van der Waals surface area contributed by atoms with Gasteiger partial charge in [-0.05, 0) is 32.9 Å². The highest BCUT2D eigenvalue weighted by Gasteiger charge is 2.11. The largest absolute Gasteiger partial charge is 0.491 e. The van der Waals surface area contributed by atoms with E-state index in [9.17, 15) is 14.6 Å². The van der Waals surface area contributed by atoms with Gasteiger partial charge in [-0.15, -0.1) is 0 Å². The maximum absolute atomic E-state index is 13.6. The summed E-state index contributed by atoms with van der Waals surface area (Å²) >= 11 is 0. The molecule has 108 valence electrons. The van der Waals surface area contributed by atoms with Gasteiger partial charge in [0.25, 0.3) is 0 Å². The lowest BCUT2D eigenvalue weighted by Crippen LogP contribution is -2.25. The molecule has 1 aromatic rings. The molecular weight excluding hydrogens is 251 g/mol. The van der Waals surface area contributed by atoms with Gasteiger partial charge in [-0.2, -0.15) is 0 Å². The zero-order valence-corrected chi connectivity index (χ0v) is 11.5. The number of halogens is 1. The van der Waals surface area contributed by atoms with E-state index >= 15 is 0 Å². The van der Waals surface area contributed by atoms with Gasteiger partial charge >= 0.3 is 0 Å². The van der Waals surface area contributed by atoms with Crippen LogP contribution in [-0.2, 0) is 4.74 Å². The Balaban J connectivity index is 2.47. The smallest absolute Gasteiger partial charge is 0.132 e. The molecule has 0 aliphatic rings.